The highest BCUT2D eigenvalue weighted by atomic mass is 32.2. The van der Waals surface area contributed by atoms with E-state index in [2.05, 4.69) is 11.2 Å². The van der Waals surface area contributed by atoms with Crippen LogP contribution in [0.15, 0.2) is 5.38 Å². The monoisotopic (exact) mass is 202 g/mol. The maximum atomic E-state index is 5.93. The van der Waals surface area contributed by atoms with Crippen molar-refractivity contribution in [2.45, 2.75) is 19.4 Å². The molecule has 1 unspecified atom stereocenters. The van der Waals surface area contributed by atoms with E-state index in [0.29, 0.717) is 0 Å². The molecule has 0 amide bonds. The molecule has 1 atom stereocenters. The number of thioether (sulfide) groups is 1. The highest BCUT2D eigenvalue weighted by molar-refractivity contribution is 7.98. The topological polar surface area (TPSA) is 38.9 Å². The lowest BCUT2D eigenvalue weighted by Crippen LogP contribution is -2.10. The first-order valence-electron chi connectivity index (χ1n) is 3.90. The fourth-order valence-corrected chi connectivity index (χ4v) is 2.23. The number of thiazole rings is 1. The Morgan fingerprint density at radius 2 is 2.50 bits per heavy atom. The quantitative estimate of drug-likeness (QED) is 0.813. The number of nitrogens with zero attached hydrogens (tertiary/aromatic N) is 1. The Bertz CT molecular complexity index is 235. The minimum atomic E-state index is 0.135. The molecule has 4 heteroatoms. The summed E-state index contributed by atoms with van der Waals surface area (Å²) in [4.78, 5) is 4.35. The second kappa shape index (κ2) is 4.84. The van der Waals surface area contributed by atoms with Crippen molar-refractivity contribution in [2.75, 3.05) is 12.0 Å². The molecule has 0 aliphatic heterocycles. The Kier molecular flexibility index (Phi) is 4.05. The van der Waals surface area contributed by atoms with Crippen LogP contribution >= 0.6 is 23.1 Å². The summed E-state index contributed by atoms with van der Waals surface area (Å²) in [5.74, 6) is 1.11. The second-order valence-corrected chi connectivity index (χ2v) is 4.59. The van der Waals surface area contributed by atoms with Gasteiger partial charge in [0, 0.05) is 11.1 Å². The lowest BCUT2D eigenvalue weighted by atomic mass is 10.2. The van der Waals surface area contributed by atoms with Crippen LogP contribution in [-0.2, 0) is 0 Å². The van der Waals surface area contributed by atoms with Gasteiger partial charge in [-0.2, -0.15) is 11.8 Å². The van der Waals surface area contributed by atoms with Crippen molar-refractivity contribution in [2.24, 2.45) is 5.73 Å². The zero-order valence-electron chi connectivity index (χ0n) is 7.41. The van der Waals surface area contributed by atoms with Gasteiger partial charge in [0.1, 0.15) is 5.01 Å². The first-order valence-corrected chi connectivity index (χ1v) is 6.18. The van der Waals surface area contributed by atoms with E-state index in [1.165, 1.54) is 0 Å². The largest absolute Gasteiger partial charge is 0.322 e. The van der Waals surface area contributed by atoms with E-state index in [1.54, 1.807) is 11.3 Å². The number of aromatic nitrogens is 1. The first kappa shape index (κ1) is 10.0. The van der Waals surface area contributed by atoms with Crippen LogP contribution in [0.1, 0.15) is 23.2 Å². The van der Waals surface area contributed by atoms with Crippen LogP contribution in [-0.4, -0.2) is 17.0 Å². The van der Waals surface area contributed by atoms with E-state index in [4.69, 9.17) is 5.73 Å². The number of nitrogens with two attached hydrogens (primary N) is 1. The van der Waals surface area contributed by atoms with Gasteiger partial charge in [-0.25, -0.2) is 4.98 Å². The molecule has 2 nitrogen and oxygen atoms in total. The molecule has 0 aromatic carbocycles. The SMILES string of the molecule is CSCCC(N)c1nc(C)cs1. The lowest BCUT2D eigenvalue weighted by molar-refractivity contribution is 0.697. The van der Waals surface area contributed by atoms with Gasteiger partial charge in [0.05, 0.1) is 6.04 Å². The van der Waals surface area contributed by atoms with Gasteiger partial charge in [-0.3, -0.25) is 0 Å². The molecule has 0 saturated carbocycles. The molecule has 68 valence electrons. The molecule has 1 rings (SSSR count). The molecular formula is C8H14N2S2. The smallest absolute Gasteiger partial charge is 0.110 e. The third kappa shape index (κ3) is 2.77. The van der Waals surface area contributed by atoms with E-state index < -0.39 is 0 Å². The molecule has 0 saturated heterocycles. The predicted molar refractivity (Wildman–Crippen MR) is 56.8 cm³/mol. The van der Waals surface area contributed by atoms with E-state index in [9.17, 15) is 0 Å². The molecule has 2 N–H and O–H groups in total. The van der Waals surface area contributed by atoms with Crippen molar-refractivity contribution in [3.05, 3.63) is 16.1 Å². The zero-order chi connectivity index (χ0) is 8.97. The lowest BCUT2D eigenvalue weighted by Gasteiger charge is -2.05. The maximum Gasteiger partial charge on any atom is 0.110 e. The van der Waals surface area contributed by atoms with Crippen molar-refractivity contribution in [3.63, 3.8) is 0 Å². The molecule has 1 aromatic heterocycles. The summed E-state index contributed by atoms with van der Waals surface area (Å²) in [6, 6.07) is 0.135. The predicted octanol–water partition coefficient (Wildman–Crippen LogP) is 2.20. The summed E-state index contributed by atoms with van der Waals surface area (Å²) in [6.45, 7) is 2.00. The summed E-state index contributed by atoms with van der Waals surface area (Å²) >= 11 is 3.49. The summed E-state index contributed by atoms with van der Waals surface area (Å²) in [7, 11) is 0. The van der Waals surface area contributed by atoms with Crippen molar-refractivity contribution in [3.8, 4) is 0 Å². The highest BCUT2D eigenvalue weighted by Crippen LogP contribution is 2.19. The van der Waals surface area contributed by atoms with Crippen LogP contribution in [0, 0.1) is 6.92 Å². The van der Waals surface area contributed by atoms with Gasteiger partial charge < -0.3 is 5.73 Å². The van der Waals surface area contributed by atoms with Crippen LogP contribution in [0.4, 0.5) is 0 Å². The molecule has 12 heavy (non-hydrogen) atoms. The zero-order valence-corrected chi connectivity index (χ0v) is 9.04. The van der Waals surface area contributed by atoms with Crippen molar-refractivity contribution in [1.82, 2.24) is 4.98 Å². The molecule has 0 radical (unpaired) electrons. The minimum Gasteiger partial charge on any atom is -0.322 e. The van der Waals surface area contributed by atoms with E-state index in [-0.39, 0.29) is 6.04 Å². The van der Waals surface area contributed by atoms with Crippen LogP contribution < -0.4 is 5.73 Å². The number of rotatable bonds is 4. The van der Waals surface area contributed by atoms with Gasteiger partial charge in [0.2, 0.25) is 0 Å². The third-order valence-electron chi connectivity index (χ3n) is 1.59. The Balaban J connectivity index is 2.47. The van der Waals surface area contributed by atoms with Crippen LogP contribution in [0.3, 0.4) is 0 Å². The van der Waals surface area contributed by atoms with Crippen LogP contribution in [0.5, 0.6) is 0 Å². The van der Waals surface area contributed by atoms with Gasteiger partial charge >= 0.3 is 0 Å². The van der Waals surface area contributed by atoms with Crippen LogP contribution in [0.25, 0.3) is 0 Å². The third-order valence-corrected chi connectivity index (χ3v) is 3.33. The summed E-state index contributed by atoms with van der Waals surface area (Å²) in [5, 5.41) is 3.12. The van der Waals surface area contributed by atoms with E-state index in [0.717, 1.165) is 22.9 Å². The maximum absolute atomic E-state index is 5.93. The Labute approximate surface area is 81.6 Å². The van der Waals surface area contributed by atoms with E-state index >= 15 is 0 Å². The van der Waals surface area contributed by atoms with Crippen LogP contribution in [0.2, 0.25) is 0 Å². The number of aryl methyl sites for hydroxylation is 1. The number of hydrogen-bond donors (Lipinski definition) is 1. The minimum absolute atomic E-state index is 0.135. The normalized spacial score (nSPS) is 13.2. The first-order chi connectivity index (χ1) is 5.74. The molecule has 1 heterocycles. The average Bonchev–Trinajstić information content (AvgIpc) is 2.47. The molecule has 0 spiro atoms. The van der Waals surface area contributed by atoms with Gasteiger partial charge in [-0.1, -0.05) is 0 Å². The molecule has 0 fully saturated rings. The van der Waals surface area contributed by atoms with Gasteiger partial charge in [0.25, 0.3) is 0 Å². The molecule has 0 bridgehead atoms. The number of hydrogen-bond acceptors (Lipinski definition) is 4. The van der Waals surface area contributed by atoms with E-state index in [1.807, 2.05) is 24.1 Å². The molecule has 0 aliphatic rings. The fraction of sp³-hybridized carbons (Fsp3) is 0.625. The molecule has 0 aliphatic carbocycles. The second-order valence-electron chi connectivity index (χ2n) is 2.72. The Morgan fingerprint density at radius 1 is 1.75 bits per heavy atom. The summed E-state index contributed by atoms with van der Waals surface area (Å²) in [5.41, 5.74) is 7.01. The van der Waals surface area contributed by atoms with Gasteiger partial charge in [-0.15, -0.1) is 11.3 Å². The van der Waals surface area contributed by atoms with Gasteiger partial charge in [0.15, 0.2) is 0 Å². The Hall–Kier alpha value is -0.0600. The molecular weight excluding hydrogens is 188 g/mol. The standard InChI is InChI=1S/C8H14N2S2/c1-6-5-12-8(10-6)7(9)3-4-11-2/h5,7H,3-4,9H2,1-2H3. The fourth-order valence-electron chi connectivity index (χ4n) is 0.911. The summed E-state index contributed by atoms with van der Waals surface area (Å²) in [6.07, 6.45) is 3.12. The van der Waals surface area contributed by atoms with Crippen molar-refractivity contribution in [1.29, 1.82) is 0 Å². The van der Waals surface area contributed by atoms with Crippen molar-refractivity contribution < 1.29 is 0 Å². The van der Waals surface area contributed by atoms with Gasteiger partial charge in [-0.05, 0) is 25.4 Å². The van der Waals surface area contributed by atoms with Crippen molar-refractivity contribution >= 4 is 23.1 Å². The highest BCUT2D eigenvalue weighted by Gasteiger charge is 2.08. The Morgan fingerprint density at radius 3 is 3.00 bits per heavy atom. The molecule has 1 aromatic rings. The average molecular weight is 202 g/mol. The summed E-state index contributed by atoms with van der Waals surface area (Å²) < 4.78 is 0.